The lowest BCUT2D eigenvalue weighted by atomic mass is 10.2. The van der Waals surface area contributed by atoms with Crippen molar-refractivity contribution in [3.8, 4) is 6.07 Å². The standard InChI is InChI=1S/C11H10N2O2/c1-15-11(14)4-2-3-9-5-10(6-12)8-13-7-9/h2-3,5,7-8H,4H2,1H3. The van der Waals surface area contributed by atoms with Gasteiger partial charge in [-0.3, -0.25) is 9.78 Å². The smallest absolute Gasteiger partial charge is 0.309 e. The molecule has 0 unspecified atom stereocenters. The molecule has 0 saturated heterocycles. The van der Waals surface area contributed by atoms with Gasteiger partial charge in [0.05, 0.1) is 19.1 Å². The molecule has 0 atom stereocenters. The van der Waals surface area contributed by atoms with Crippen molar-refractivity contribution in [1.82, 2.24) is 4.98 Å². The van der Waals surface area contributed by atoms with E-state index in [1.165, 1.54) is 13.3 Å². The van der Waals surface area contributed by atoms with Gasteiger partial charge in [0.1, 0.15) is 6.07 Å². The van der Waals surface area contributed by atoms with Crippen LogP contribution in [0.2, 0.25) is 0 Å². The molecule has 0 spiro atoms. The number of carbonyl (C=O) groups is 1. The van der Waals surface area contributed by atoms with Crippen LogP contribution in [0, 0.1) is 11.3 Å². The van der Waals surface area contributed by atoms with Crippen LogP contribution in [0.25, 0.3) is 6.08 Å². The van der Waals surface area contributed by atoms with Crippen molar-refractivity contribution in [2.45, 2.75) is 6.42 Å². The van der Waals surface area contributed by atoms with Gasteiger partial charge in [-0.1, -0.05) is 12.2 Å². The Labute approximate surface area is 87.8 Å². The van der Waals surface area contributed by atoms with Gasteiger partial charge in [0.2, 0.25) is 0 Å². The van der Waals surface area contributed by atoms with Crippen LogP contribution in [0.3, 0.4) is 0 Å². The summed E-state index contributed by atoms with van der Waals surface area (Å²) in [7, 11) is 1.34. The Balaban J connectivity index is 2.65. The second-order valence-corrected chi connectivity index (χ2v) is 2.80. The molecule has 0 fully saturated rings. The highest BCUT2D eigenvalue weighted by molar-refractivity contribution is 5.72. The average molecular weight is 202 g/mol. The molecule has 0 bridgehead atoms. The van der Waals surface area contributed by atoms with Crippen LogP contribution in [0.5, 0.6) is 0 Å². The highest BCUT2D eigenvalue weighted by Gasteiger charge is 1.95. The summed E-state index contributed by atoms with van der Waals surface area (Å²) in [5.74, 6) is -0.296. The maximum atomic E-state index is 10.8. The zero-order valence-electron chi connectivity index (χ0n) is 8.30. The largest absolute Gasteiger partial charge is 0.469 e. The van der Waals surface area contributed by atoms with E-state index in [9.17, 15) is 4.79 Å². The number of carbonyl (C=O) groups excluding carboxylic acids is 1. The molecule has 4 heteroatoms. The zero-order chi connectivity index (χ0) is 11.1. The maximum Gasteiger partial charge on any atom is 0.309 e. The Morgan fingerprint density at radius 2 is 2.47 bits per heavy atom. The third-order valence-corrected chi connectivity index (χ3v) is 1.71. The molecule has 0 aliphatic heterocycles. The number of nitrogens with zero attached hydrogens (tertiary/aromatic N) is 2. The monoisotopic (exact) mass is 202 g/mol. The molecule has 1 heterocycles. The molecule has 0 aliphatic rings. The van der Waals surface area contributed by atoms with E-state index in [0.29, 0.717) is 5.56 Å². The topological polar surface area (TPSA) is 63.0 Å². The van der Waals surface area contributed by atoms with Crippen LogP contribution in [0.1, 0.15) is 17.5 Å². The minimum Gasteiger partial charge on any atom is -0.469 e. The number of esters is 1. The molecule has 0 saturated carbocycles. The van der Waals surface area contributed by atoms with E-state index >= 15 is 0 Å². The number of methoxy groups -OCH3 is 1. The lowest BCUT2D eigenvalue weighted by Gasteiger charge is -1.94. The van der Waals surface area contributed by atoms with Gasteiger partial charge in [0.25, 0.3) is 0 Å². The molecule has 1 aromatic rings. The van der Waals surface area contributed by atoms with Gasteiger partial charge in [-0.05, 0) is 11.6 Å². The summed E-state index contributed by atoms with van der Waals surface area (Å²) in [6.07, 6.45) is 6.72. The Morgan fingerprint density at radius 3 is 3.13 bits per heavy atom. The average Bonchev–Trinajstić information content (AvgIpc) is 2.29. The Kier molecular flexibility index (Phi) is 4.05. The van der Waals surface area contributed by atoms with Gasteiger partial charge in [0, 0.05) is 12.4 Å². The van der Waals surface area contributed by atoms with Crippen LogP contribution in [-0.4, -0.2) is 18.1 Å². The summed E-state index contributed by atoms with van der Waals surface area (Å²) in [4.78, 5) is 14.7. The number of nitriles is 1. The van der Waals surface area contributed by atoms with Gasteiger partial charge in [0.15, 0.2) is 0 Å². The van der Waals surface area contributed by atoms with E-state index in [2.05, 4.69) is 9.72 Å². The second-order valence-electron chi connectivity index (χ2n) is 2.80. The molecular formula is C11H10N2O2. The second kappa shape index (κ2) is 5.55. The third kappa shape index (κ3) is 3.61. The van der Waals surface area contributed by atoms with Gasteiger partial charge in [-0.15, -0.1) is 0 Å². The Bertz CT molecular complexity index is 419. The predicted octanol–water partition coefficient (Wildman–Crippen LogP) is 1.53. The van der Waals surface area contributed by atoms with Gasteiger partial charge >= 0.3 is 5.97 Å². The Morgan fingerprint density at radius 1 is 1.67 bits per heavy atom. The molecule has 0 N–H and O–H groups in total. The van der Waals surface area contributed by atoms with Crippen molar-refractivity contribution >= 4 is 12.0 Å². The summed E-state index contributed by atoms with van der Waals surface area (Å²) >= 11 is 0. The number of ether oxygens (including phenoxy) is 1. The summed E-state index contributed by atoms with van der Waals surface area (Å²) in [5, 5.41) is 8.63. The van der Waals surface area contributed by atoms with E-state index in [0.717, 1.165) is 5.56 Å². The number of pyridine rings is 1. The number of hydrogen-bond acceptors (Lipinski definition) is 4. The molecule has 0 amide bonds. The van der Waals surface area contributed by atoms with E-state index < -0.39 is 0 Å². The first kappa shape index (κ1) is 10.9. The van der Waals surface area contributed by atoms with Crippen LogP contribution in [0.15, 0.2) is 24.5 Å². The minimum absolute atomic E-state index is 0.216. The zero-order valence-corrected chi connectivity index (χ0v) is 8.30. The number of rotatable bonds is 3. The highest BCUT2D eigenvalue weighted by Crippen LogP contribution is 2.04. The van der Waals surface area contributed by atoms with Gasteiger partial charge < -0.3 is 4.74 Å². The van der Waals surface area contributed by atoms with Gasteiger partial charge in [-0.2, -0.15) is 5.26 Å². The highest BCUT2D eigenvalue weighted by atomic mass is 16.5. The van der Waals surface area contributed by atoms with Crippen LogP contribution in [-0.2, 0) is 9.53 Å². The van der Waals surface area contributed by atoms with E-state index in [1.54, 1.807) is 24.4 Å². The van der Waals surface area contributed by atoms with E-state index in [4.69, 9.17) is 5.26 Å². The molecule has 0 aromatic carbocycles. The summed E-state index contributed by atoms with van der Waals surface area (Å²) in [6, 6.07) is 3.68. The molecule has 0 radical (unpaired) electrons. The molecule has 76 valence electrons. The molecule has 1 aromatic heterocycles. The lowest BCUT2D eigenvalue weighted by molar-refractivity contribution is -0.139. The van der Waals surface area contributed by atoms with Crippen molar-refractivity contribution < 1.29 is 9.53 Å². The third-order valence-electron chi connectivity index (χ3n) is 1.71. The Hall–Kier alpha value is -2.15. The van der Waals surface area contributed by atoms with E-state index in [1.807, 2.05) is 6.07 Å². The van der Waals surface area contributed by atoms with Crippen molar-refractivity contribution in [3.05, 3.63) is 35.7 Å². The SMILES string of the molecule is COC(=O)CC=Cc1cncc(C#N)c1. The summed E-state index contributed by atoms with van der Waals surface area (Å²) in [5.41, 5.74) is 1.29. The van der Waals surface area contributed by atoms with Gasteiger partial charge in [-0.25, -0.2) is 0 Å². The van der Waals surface area contributed by atoms with E-state index in [-0.39, 0.29) is 12.4 Å². The fourth-order valence-electron chi connectivity index (χ4n) is 0.985. The quantitative estimate of drug-likeness (QED) is 0.697. The molecule has 1 rings (SSSR count). The fraction of sp³-hybridized carbons (Fsp3) is 0.182. The summed E-state index contributed by atoms with van der Waals surface area (Å²) < 4.78 is 4.47. The first-order valence-electron chi connectivity index (χ1n) is 4.35. The first-order valence-corrected chi connectivity index (χ1v) is 4.35. The van der Waals surface area contributed by atoms with Crippen molar-refractivity contribution in [3.63, 3.8) is 0 Å². The fourth-order valence-corrected chi connectivity index (χ4v) is 0.985. The lowest BCUT2D eigenvalue weighted by Crippen LogP contribution is -1.96. The molecule has 4 nitrogen and oxygen atoms in total. The molecule has 15 heavy (non-hydrogen) atoms. The number of aromatic nitrogens is 1. The van der Waals surface area contributed by atoms with Crippen molar-refractivity contribution in [2.75, 3.05) is 7.11 Å². The van der Waals surface area contributed by atoms with Crippen LogP contribution >= 0.6 is 0 Å². The maximum absolute atomic E-state index is 10.8. The first-order chi connectivity index (χ1) is 7.26. The minimum atomic E-state index is -0.296. The number of hydrogen-bond donors (Lipinski definition) is 0. The molecular weight excluding hydrogens is 192 g/mol. The molecule has 0 aliphatic carbocycles. The van der Waals surface area contributed by atoms with Crippen LogP contribution < -0.4 is 0 Å². The van der Waals surface area contributed by atoms with Crippen molar-refractivity contribution in [2.24, 2.45) is 0 Å². The predicted molar refractivity (Wildman–Crippen MR) is 54.6 cm³/mol. The summed E-state index contributed by atoms with van der Waals surface area (Å²) in [6.45, 7) is 0. The van der Waals surface area contributed by atoms with Crippen LogP contribution in [0.4, 0.5) is 0 Å². The van der Waals surface area contributed by atoms with Crippen molar-refractivity contribution in [1.29, 1.82) is 5.26 Å². The normalized spacial score (nSPS) is 9.87.